The molecule has 5 nitrogen and oxygen atoms in total. The highest BCUT2D eigenvalue weighted by Crippen LogP contribution is 2.12. The van der Waals surface area contributed by atoms with Crippen LogP contribution in [0.4, 0.5) is 0 Å². The molecule has 0 aromatic heterocycles. The first kappa shape index (κ1) is 8.99. The van der Waals surface area contributed by atoms with Gasteiger partial charge in [-0.25, -0.2) is 0 Å². The Hall–Kier alpha value is -1.10. The van der Waals surface area contributed by atoms with Gasteiger partial charge >= 0.3 is 11.9 Å². The third kappa shape index (κ3) is 2.20. The van der Waals surface area contributed by atoms with Crippen LogP contribution in [-0.4, -0.2) is 30.7 Å². The first-order chi connectivity index (χ1) is 5.59. The van der Waals surface area contributed by atoms with E-state index in [2.05, 4.69) is 4.74 Å². The Morgan fingerprint density at radius 1 is 1.83 bits per heavy atom. The van der Waals surface area contributed by atoms with Crippen LogP contribution in [-0.2, 0) is 19.1 Å². The lowest BCUT2D eigenvalue weighted by atomic mass is 10.2. The van der Waals surface area contributed by atoms with Crippen LogP contribution in [0.2, 0.25) is 0 Å². The number of hydrogen-bond donors (Lipinski definition) is 1. The molecule has 0 saturated carbocycles. The van der Waals surface area contributed by atoms with Crippen LogP contribution in [0, 0.1) is 0 Å². The van der Waals surface area contributed by atoms with Crippen molar-refractivity contribution < 1.29 is 19.1 Å². The molecule has 1 saturated heterocycles. The summed E-state index contributed by atoms with van der Waals surface area (Å²) in [4.78, 5) is 21.1. The van der Waals surface area contributed by atoms with Gasteiger partial charge in [0.05, 0.1) is 0 Å². The Morgan fingerprint density at radius 2 is 2.50 bits per heavy atom. The third-order valence-corrected chi connectivity index (χ3v) is 1.57. The summed E-state index contributed by atoms with van der Waals surface area (Å²) in [5, 5.41) is 0. The second-order valence-corrected chi connectivity index (χ2v) is 2.70. The minimum absolute atomic E-state index is 0.106. The van der Waals surface area contributed by atoms with E-state index in [-0.39, 0.29) is 18.7 Å². The zero-order valence-electron chi connectivity index (χ0n) is 6.78. The van der Waals surface area contributed by atoms with Crippen molar-refractivity contribution in [2.45, 2.75) is 25.5 Å². The third-order valence-electron chi connectivity index (χ3n) is 1.57. The summed E-state index contributed by atoms with van der Waals surface area (Å²) in [5.74, 6) is -0.807. The Morgan fingerprint density at radius 3 is 2.92 bits per heavy atom. The van der Waals surface area contributed by atoms with E-state index in [0.29, 0.717) is 6.42 Å². The largest absolute Gasteiger partial charge is 0.462 e. The number of ether oxygens (including phenoxy) is 2. The van der Waals surface area contributed by atoms with Crippen LogP contribution >= 0.6 is 0 Å². The molecule has 0 aliphatic carbocycles. The molecule has 0 amide bonds. The summed E-state index contributed by atoms with van der Waals surface area (Å²) in [5.41, 5.74) is 5.36. The molecule has 2 unspecified atom stereocenters. The Bertz CT molecular complexity index is 204. The van der Waals surface area contributed by atoms with Crippen molar-refractivity contribution in [3.05, 3.63) is 0 Å². The number of cyclic esters (lactones) is 1. The van der Waals surface area contributed by atoms with Gasteiger partial charge < -0.3 is 15.2 Å². The molecule has 1 heterocycles. The van der Waals surface area contributed by atoms with Crippen molar-refractivity contribution >= 4 is 11.9 Å². The minimum atomic E-state index is -0.564. The van der Waals surface area contributed by atoms with E-state index in [1.807, 2.05) is 0 Å². The Labute approximate surface area is 69.8 Å². The quantitative estimate of drug-likeness (QED) is 0.552. The molecule has 0 radical (unpaired) electrons. The smallest absolute Gasteiger partial charge is 0.323 e. The normalized spacial score (nSPS) is 28.3. The maximum absolute atomic E-state index is 10.7. The zero-order chi connectivity index (χ0) is 9.14. The fraction of sp³-hybridized carbons (Fsp3) is 0.714. The van der Waals surface area contributed by atoms with Crippen LogP contribution in [0.5, 0.6) is 0 Å². The predicted molar refractivity (Wildman–Crippen MR) is 39.1 cm³/mol. The number of rotatable bonds is 2. The average Bonchev–Trinajstić information content (AvgIpc) is 2.28. The van der Waals surface area contributed by atoms with E-state index in [9.17, 15) is 9.59 Å². The fourth-order valence-electron chi connectivity index (χ4n) is 0.992. The Kier molecular flexibility index (Phi) is 2.65. The van der Waals surface area contributed by atoms with Crippen molar-refractivity contribution in [3.63, 3.8) is 0 Å². The first-order valence-electron chi connectivity index (χ1n) is 3.69. The molecule has 1 rings (SSSR count). The van der Waals surface area contributed by atoms with Gasteiger partial charge in [0.25, 0.3) is 0 Å². The topological polar surface area (TPSA) is 78.6 Å². The highest BCUT2D eigenvalue weighted by molar-refractivity contribution is 5.77. The van der Waals surface area contributed by atoms with E-state index in [0.717, 1.165) is 0 Å². The molecule has 12 heavy (non-hydrogen) atoms. The van der Waals surface area contributed by atoms with Gasteiger partial charge in [0.2, 0.25) is 0 Å². The standard InChI is InChI=1S/C7H11NO4/c1-4(9)11-3-5-2-6(8)7(10)12-5/h5-6H,2-3,8H2,1H3. The molecule has 0 bridgehead atoms. The molecular formula is C7H11NO4. The molecule has 2 atom stereocenters. The minimum Gasteiger partial charge on any atom is -0.462 e. The maximum Gasteiger partial charge on any atom is 0.323 e. The summed E-state index contributed by atoms with van der Waals surface area (Å²) in [6.07, 6.45) is 0.0583. The van der Waals surface area contributed by atoms with Gasteiger partial charge in [0, 0.05) is 13.3 Å². The highest BCUT2D eigenvalue weighted by Gasteiger charge is 2.31. The van der Waals surface area contributed by atoms with E-state index in [1.54, 1.807) is 0 Å². The fourth-order valence-corrected chi connectivity index (χ4v) is 0.992. The average molecular weight is 173 g/mol. The number of esters is 2. The van der Waals surface area contributed by atoms with Gasteiger partial charge in [-0.05, 0) is 0 Å². The van der Waals surface area contributed by atoms with Crippen LogP contribution in [0.1, 0.15) is 13.3 Å². The second kappa shape index (κ2) is 3.53. The number of carbonyl (C=O) groups is 2. The molecule has 0 spiro atoms. The van der Waals surface area contributed by atoms with Crippen LogP contribution in [0.15, 0.2) is 0 Å². The molecule has 0 aromatic rings. The lowest BCUT2D eigenvalue weighted by molar-refractivity contribution is -0.151. The molecule has 5 heteroatoms. The van der Waals surface area contributed by atoms with E-state index in [1.165, 1.54) is 6.92 Å². The molecule has 1 aliphatic rings. The summed E-state index contributed by atoms with van der Waals surface area (Å²) >= 11 is 0. The maximum atomic E-state index is 10.7. The molecule has 1 fully saturated rings. The predicted octanol–water partition coefficient (Wildman–Crippen LogP) is -0.808. The van der Waals surface area contributed by atoms with Crippen molar-refractivity contribution in [3.8, 4) is 0 Å². The van der Waals surface area contributed by atoms with Crippen molar-refractivity contribution in [1.29, 1.82) is 0 Å². The first-order valence-corrected chi connectivity index (χ1v) is 3.69. The van der Waals surface area contributed by atoms with Crippen LogP contribution < -0.4 is 5.73 Å². The van der Waals surface area contributed by atoms with Crippen molar-refractivity contribution in [1.82, 2.24) is 0 Å². The lowest BCUT2D eigenvalue weighted by Gasteiger charge is -2.07. The van der Waals surface area contributed by atoms with Gasteiger partial charge in [-0.2, -0.15) is 0 Å². The summed E-state index contributed by atoms with van der Waals surface area (Å²) in [6.45, 7) is 1.41. The zero-order valence-corrected chi connectivity index (χ0v) is 6.78. The number of nitrogens with two attached hydrogens (primary N) is 1. The van der Waals surface area contributed by atoms with Crippen LogP contribution in [0.3, 0.4) is 0 Å². The lowest BCUT2D eigenvalue weighted by Crippen LogP contribution is -2.24. The summed E-state index contributed by atoms with van der Waals surface area (Å²) in [6, 6.07) is -0.564. The number of hydrogen-bond acceptors (Lipinski definition) is 5. The summed E-state index contributed by atoms with van der Waals surface area (Å²) < 4.78 is 9.43. The van der Waals surface area contributed by atoms with E-state index in [4.69, 9.17) is 10.5 Å². The van der Waals surface area contributed by atoms with Crippen LogP contribution in [0.25, 0.3) is 0 Å². The van der Waals surface area contributed by atoms with Crippen molar-refractivity contribution in [2.75, 3.05) is 6.61 Å². The second-order valence-electron chi connectivity index (χ2n) is 2.70. The van der Waals surface area contributed by atoms with Gasteiger partial charge in [0.15, 0.2) is 0 Å². The highest BCUT2D eigenvalue weighted by atomic mass is 16.6. The van der Waals surface area contributed by atoms with Gasteiger partial charge in [0.1, 0.15) is 18.8 Å². The van der Waals surface area contributed by atoms with E-state index < -0.39 is 12.0 Å². The molecule has 2 N–H and O–H groups in total. The molecule has 68 valence electrons. The van der Waals surface area contributed by atoms with Crippen molar-refractivity contribution in [2.24, 2.45) is 5.73 Å². The van der Waals surface area contributed by atoms with Gasteiger partial charge in [-0.1, -0.05) is 0 Å². The van der Waals surface area contributed by atoms with E-state index >= 15 is 0 Å². The molecular weight excluding hydrogens is 162 g/mol. The SMILES string of the molecule is CC(=O)OCC1CC(N)C(=O)O1. The summed E-state index contributed by atoms with van der Waals surface area (Å²) in [7, 11) is 0. The molecule has 1 aliphatic heterocycles. The van der Waals surface area contributed by atoms with Gasteiger partial charge in [-0.15, -0.1) is 0 Å². The molecule has 0 aromatic carbocycles. The monoisotopic (exact) mass is 173 g/mol. The van der Waals surface area contributed by atoms with Gasteiger partial charge in [-0.3, -0.25) is 9.59 Å². The number of carbonyl (C=O) groups excluding carboxylic acids is 2. The Balaban J connectivity index is 2.28.